The molecule has 2 heterocycles. The lowest BCUT2D eigenvalue weighted by atomic mass is 10.1. The highest BCUT2D eigenvalue weighted by molar-refractivity contribution is 7.79. The van der Waals surface area contributed by atoms with Crippen molar-refractivity contribution in [3.05, 3.63) is 0 Å². The van der Waals surface area contributed by atoms with E-state index < -0.39 is 10.4 Å². The largest absolute Gasteiger partial charge is 0.394 e. The maximum Gasteiger partial charge on any atom is 0.394 e. The van der Waals surface area contributed by atoms with Crippen molar-refractivity contribution in [1.82, 2.24) is 12.3 Å². The van der Waals surface area contributed by atoms with Crippen LogP contribution in [0.2, 0.25) is 0 Å². The molecule has 0 bridgehead atoms. The molecule has 22 heavy (non-hydrogen) atoms. The minimum atomic E-state index is -4.67. The third-order valence-corrected chi connectivity index (χ3v) is 2.74. The van der Waals surface area contributed by atoms with Crippen LogP contribution in [0.3, 0.4) is 0 Å². The van der Waals surface area contributed by atoms with Gasteiger partial charge in [0.2, 0.25) is 0 Å². The number of epoxide rings is 2. The summed E-state index contributed by atoms with van der Waals surface area (Å²) in [4.78, 5) is 0. The zero-order valence-corrected chi connectivity index (χ0v) is 14.5. The van der Waals surface area contributed by atoms with Crippen LogP contribution in [-0.2, 0) is 19.9 Å². The van der Waals surface area contributed by atoms with Crippen molar-refractivity contribution in [2.45, 2.75) is 64.4 Å². The quantitative estimate of drug-likeness (QED) is 0.295. The molecule has 8 nitrogen and oxygen atoms in total. The molecule has 0 aromatic carbocycles. The number of unbranched alkanes of at least 4 members (excludes halogenated alkanes) is 6. The molecule has 2 fully saturated rings. The molecule has 2 aliphatic rings. The highest BCUT2D eigenvalue weighted by Crippen LogP contribution is 2.18. The standard InChI is InChI=1S/C11H22O.C2H4O.2H3N.H2O4S/c1-2-3-4-5-6-7-8-9-11-10-12-11;1-2-3-1;;;1-5(2,3)4/h11H,2-10H2,1H3;1-2H2;2*1H3;(H2,1,2,3,4). The van der Waals surface area contributed by atoms with Gasteiger partial charge in [0, 0.05) is 0 Å². The fourth-order valence-corrected chi connectivity index (χ4v) is 1.56. The molecule has 0 saturated carbocycles. The third kappa shape index (κ3) is 42.7. The van der Waals surface area contributed by atoms with E-state index in [1.807, 2.05) is 0 Å². The van der Waals surface area contributed by atoms with Crippen molar-refractivity contribution in [3.63, 3.8) is 0 Å². The van der Waals surface area contributed by atoms with E-state index in [1.54, 1.807) is 0 Å². The normalized spacial score (nSPS) is 17.5. The number of hydrogen-bond acceptors (Lipinski definition) is 6. The summed E-state index contributed by atoms with van der Waals surface area (Å²) in [6.45, 7) is 5.31. The molecule has 0 radical (unpaired) electrons. The van der Waals surface area contributed by atoms with E-state index in [0.29, 0.717) is 6.10 Å². The minimum Gasteiger partial charge on any atom is -0.377 e. The predicted molar refractivity (Wildman–Crippen MR) is 87.4 cm³/mol. The first-order valence-corrected chi connectivity index (χ1v) is 8.72. The summed E-state index contributed by atoms with van der Waals surface area (Å²) in [6.07, 6.45) is 11.9. The van der Waals surface area contributed by atoms with E-state index in [0.717, 1.165) is 19.8 Å². The second-order valence-electron chi connectivity index (χ2n) is 4.93. The number of hydrogen-bond donors (Lipinski definition) is 4. The summed E-state index contributed by atoms with van der Waals surface area (Å²) in [6, 6.07) is 0. The molecule has 0 aromatic rings. The maximum atomic E-state index is 8.74. The Morgan fingerprint density at radius 3 is 1.64 bits per heavy atom. The summed E-state index contributed by atoms with van der Waals surface area (Å²) in [7, 11) is -4.67. The van der Waals surface area contributed by atoms with E-state index >= 15 is 0 Å². The molecule has 1 atom stereocenters. The highest BCUT2D eigenvalue weighted by Gasteiger charge is 2.20. The van der Waals surface area contributed by atoms with Crippen LogP contribution < -0.4 is 12.3 Å². The Morgan fingerprint density at radius 2 is 1.32 bits per heavy atom. The molecule has 2 saturated heterocycles. The first-order valence-electron chi connectivity index (χ1n) is 7.32. The van der Waals surface area contributed by atoms with Crippen molar-refractivity contribution in [3.8, 4) is 0 Å². The molecular formula is C13H34N2O6S. The smallest absolute Gasteiger partial charge is 0.377 e. The van der Waals surface area contributed by atoms with Gasteiger partial charge in [0.1, 0.15) is 0 Å². The first-order chi connectivity index (χ1) is 9.43. The molecule has 0 spiro atoms. The van der Waals surface area contributed by atoms with Gasteiger partial charge in [0.15, 0.2) is 0 Å². The SMILES string of the molecule is C1CO1.CCCCCCCCCC1CO1.N.N.O=S(=O)(O)O. The molecule has 138 valence electrons. The summed E-state index contributed by atoms with van der Waals surface area (Å²) in [5.74, 6) is 0. The van der Waals surface area contributed by atoms with E-state index in [-0.39, 0.29) is 12.3 Å². The minimum absolute atomic E-state index is 0. The molecule has 9 heteroatoms. The summed E-state index contributed by atoms with van der Waals surface area (Å²) in [5, 5.41) is 0. The summed E-state index contributed by atoms with van der Waals surface area (Å²) < 4.78 is 41.2. The summed E-state index contributed by atoms with van der Waals surface area (Å²) >= 11 is 0. The van der Waals surface area contributed by atoms with Crippen LogP contribution in [0.25, 0.3) is 0 Å². The van der Waals surface area contributed by atoms with Gasteiger partial charge in [-0.25, -0.2) is 0 Å². The van der Waals surface area contributed by atoms with Crippen LogP contribution in [0.4, 0.5) is 0 Å². The van der Waals surface area contributed by atoms with Crippen LogP contribution in [0.15, 0.2) is 0 Å². The Morgan fingerprint density at radius 1 is 0.955 bits per heavy atom. The maximum absolute atomic E-state index is 8.74. The van der Waals surface area contributed by atoms with Gasteiger partial charge in [0.25, 0.3) is 0 Å². The molecule has 2 aliphatic heterocycles. The van der Waals surface area contributed by atoms with Crippen LogP contribution in [-0.4, -0.2) is 43.4 Å². The predicted octanol–water partition coefficient (Wildman–Crippen LogP) is 3.21. The molecule has 0 aromatic heterocycles. The number of rotatable bonds is 8. The monoisotopic (exact) mass is 346 g/mol. The average Bonchev–Trinajstić information content (AvgIpc) is 3.17. The fraction of sp³-hybridized carbons (Fsp3) is 1.00. The van der Waals surface area contributed by atoms with Crippen LogP contribution in [0, 0.1) is 0 Å². The lowest BCUT2D eigenvalue weighted by molar-refractivity contribution is 0.381. The Labute approximate surface area is 134 Å². The van der Waals surface area contributed by atoms with Gasteiger partial charge in [0.05, 0.1) is 25.9 Å². The van der Waals surface area contributed by atoms with Crippen molar-refractivity contribution in [2.24, 2.45) is 0 Å². The zero-order valence-electron chi connectivity index (χ0n) is 13.7. The highest BCUT2D eigenvalue weighted by atomic mass is 32.3. The zero-order chi connectivity index (χ0) is 15.3. The second-order valence-corrected chi connectivity index (χ2v) is 5.82. The van der Waals surface area contributed by atoms with Gasteiger partial charge < -0.3 is 21.8 Å². The summed E-state index contributed by atoms with van der Waals surface area (Å²) in [5.41, 5.74) is 0. The van der Waals surface area contributed by atoms with E-state index in [4.69, 9.17) is 22.3 Å². The topological polar surface area (TPSA) is 170 Å². The lowest BCUT2D eigenvalue weighted by Crippen LogP contribution is -1.89. The molecule has 0 aliphatic carbocycles. The van der Waals surface area contributed by atoms with Gasteiger partial charge in [-0.2, -0.15) is 8.42 Å². The lowest BCUT2D eigenvalue weighted by Gasteiger charge is -1.98. The van der Waals surface area contributed by atoms with Crippen molar-refractivity contribution >= 4 is 10.4 Å². The van der Waals surface area contributed by atoms with Crippen molar-refractivity contribution in [1.29, 1.82) is 0 Å². The Bertz CT molecular complexity index is 297. The van der Waals surface area contributed by atoms with Gasteiger partial charge in [-0.15, -0.1) is 0 Å². The second kappa shape index (κ2) is 17.1. The van der Waals surface area contributed by atoms with Crippen LogP contribution in [0.5, 0.6) is 0 Å². The van der Waals surface area contributed by atoms with E-state index in [2.05, 4.69) is 11.7 Å². The van der Waals surface area contributed by atoms with E-state index in [1.165, 1.54) is 51.4 Å². The Hall–Kier alpha value is -0.290. The molecule has 8 N–H and O–H groups in total. The molecule has 1 unspecified atom stereocenters. The molecule has 0 amide bonds. The van der Waals surface area contributed by atoms with Gasteiger partial charge in [-0.1, -0.05) is 51.9 Å². The Kier molecular flexibility index (Phi) is 20.6. The van der Waals surface area contributed by atoms with Crippen molar-refractivity contribution < 1.29 is 27.0 Å². The number of ether oxygens (including phenoxy) is 2. The Balaban J connectivity index is -0.000000303. The van der Waals surface area contributed by atoms with Gasteiger partial charge in [-0.05, 0) is 6.42 Å². The fourth-order valence-electron chi connectivity index (χ4n) is 1.56. The molecule has 2 rings (SSSR count). The average molecular weight is 346 g/mol. The van der Waals surface area contributed by atoms with E-state index in [9.17, 15) is 0 Å². The van der Waals surface area contributed by atoms with Gasteiger partial charge >= 0.3 is 10.4 Å². The first kappa shape index (κ1) is 26.6. The molecular weight excluding hydrogens is 312 g/mol. The van der Waals surface area contributed by atoms with Crippen LogP contribution >= 0.6 is 0 Å². The van der Waals surface area contributed by atoms with Crippen molar-refractivity contribution in [2.75, 3.05) is 19.8 Å². The van der Waals surface area contributed by atoms with Crippen LogP contribution in [0.1, 0.15) is 58.3 Å². The third-order valence-electron chi connectivity index (χ3n) is 2.74. The van der Waals surface area contributed by atoms with Gasteiger partial charge in [-0.3, -0.25) is 9.11 Å².